The Bertz CT molecular complexity index is 2550. The van der Waals surface area contributed by atoms with E-state index in [1.54, 1.807) is 25.1 Å². The van der Waals surface area contributed by atoms with E-state index in [2.05, 4.69) is 26.6 Å². The van der Waals surface area contributed by atoms with Gasteiger partial charge >= 0.3 is 5.97 Å². The molecule has 17 heteroatoms. The van der Waals surface area contributed by atoms with Crippen molar-refractivity contribution in [1.29, 1.82) is 5.26 Å². The summed E-state index contributed by atoms with van der Waals surface area (Å²) in [4.78, 5) is 76.0. The van der Waals surface area contributed by atoms with Crippen LogP contribution in [0.3, 0.4) is 0 Å². The number of hydrogen-bond donors (Lipinski definition) is 9. The molecule has 0 aliphatic carbocycles. The van der Waals surface area contributed by atoms with Crippen LogP contribution in [0, 0.1) is 11.3 Å². The first-order valence-corrected chi connectivity index (χ1v) is 17.7. The van der Waals surface area contributed by atoms with E-state index in [9.17, 15) is 49.3 Å². The van der Waals surface area contributed by atoms with E-state index in [1.165, 1.54) is 86.0 Å². The van der Waals surface area contributed by atoms with E-state index < -0.39 is 47.1 Å². The fourth-order valence-electron chi connectivity index (χ4n) is 5.54. The third-order valence-corrected chi connectivity index (χ3v) is 8.69. The van der Waals surface area contributed by atoms with Crippen molar-refractivity contribution in [3.8, 4) is 29.1 Å². The van der Waals surface area contributed by atoms with Gasteiger partial charge in [-0.2, -0.15) is 5.26 Å². The molecule has 5 aromatic rings. The molecule has 5 amide bonds. The van der Waals surface area contributed by atoms with Gasteiger partial charge in [0.25, 0.3) is 23.6 Å². The average Bonchev–Trinajstić information content (AvgIpc) is 3.22. The molecule has 0 aliphatic rings. The number of amides is 5. The number of benzene rings is 5. The van der Waals surface area contributed by atoms with Gasteiger partial charge in [0, 0.05) is 39.8 Å². The van der Waals surface area contributed by atoms with Gasteiger partial charge in [-0.15, -0.1) is 0 Å². The van der Waals surface area contributed by atoms with Gasteiger partial charge in [-0.25, -0.2) is 4.79 Å². The molecule has 5 aromatic carbocycles. The van der Waals surface area contributed by atoms with Crippen molar-refractivity contribution in [2.75, 3.05) is 28.4 Å². The van der Waals surface area contributed by atoms with E-state index in [1.807, 2.05) is 6.07 Å². The van der Waals surface area contributed by atoms with Crippen molar-refractivity contribution < 1.29 is 53.9 Å². The van der Waals surface area contributed by atoms with Crippen LogP contribution < -0.4 is 31.3 Å². The van der Waals surface area contributed by atoms with Gasteiger partial charge in [-0.05, 0) is 103 Å². The van der Waals surface area contributed by atoms with Gasteiger partial charge in [0.2, 0.25) is 5.91 Å². The first-order chi connectivity index (χ1) is 28.7. The number of nitrogens with one attached hydrogen (secondary N) is 5. The number of phenols is 3. The SMILES string of the molecule is COc1c(NC(=O)c2ccc(NC(=O)C(CC#N)NC(=O)c3ccc(NC(=O)/C(C)=C/c4ccc(O)cc4)cc3)cc2)ccc(C(=O)Nc2ccc(C(=O)O)c(O)c2)c1O. The number of aromatic hydroxyl groups is 3. The van der Waals surface area contributed by atoms with Crippen LogP contribution in [0.1, 0.15) is 60.3 Å². The van der Waals surface area contributed by atoms with E-state index in [4.69, 9.17) is 9.84 Å². The van der Waals surface area contributed by atoms with E-state index >= 15 is 0 Å². The van der Waals surface area contributed by atoms with Crippen LogP contribution in [0.4, 0.5) is 22.7 Å². The minimum atomic E-state index is -1.36. The Hall–Kier alpha value is -8.65. The summed E-state index contributed by atoms with van der Waals surface area (Å²) < 4.78 is 5.25. The fraction of sp³-hybridized carbons (Fsp3) is 0.0930. The van der Waals surface area contributed by atoms with Crippen LogP contribution in [-0.4, -0.2) is 69.1 Å². The van der Waals surface area contributed by atoms with Crippen LogP contribution in [-0.2, 0) is 9.59 Å². The highest BCUT2D eigenvalue weighted by Crippen LogP contribution is 2.38. The second kappa shape index (κ2) is 19.0. The van der Waals surface area contributed by atoms with E-state index in [0.29, 0.717) is 11.3 Å². The van der Waals surface area contributed by atoms with Gasteiger partial charge in [-0.3, -0.25) is 24.0 Å². The number of nitriles is 1. The smallest absolute Gasteiger partial charge is 0.339 e. The zero-order valence-electron chi connectivity index (χ0n) is 31.8. The summed E-state index contributed by atoms with van der Waals surface area (Å²) in [6.45, 7) is 1.63. The summed E-state index contributed by atoms with van der Waals surface area (Å²) in [7, 11) is 1.20. The van der Waals surface area contributed by atoms with Crippen molar-refractivity contribution in [2.45, 2.75) is 19.4 Å². The molecular weight excluding hydrogens is 777 g/mol. The van der Waals surface area contributed by atoms with Gasteiger partial charge in [-0.1, -0.05) is 12.1 Å². The van der Waals surface area contributed by atoms with Crippen LogP contribution in [0.15, 0.2) is 109 Å². The molecule has 1 atom stereocenters. The Morgan fingerprint density at radius 3 is 1.87 bits per heavy atom. The first kappa shape index (κ1) is 42.5. The molecule has 304 valence electrons. The van der Waals surface area contributed by atoms with Crippen molar-refractivity contribution in [1.82, 2.24) is 5.32 Å². The molecule has 0 saturated heterocycles. The highest BCUT2D eigenvalue weighted by Gasteiger charge is 2.23. The summed E-state index contributed by atoms with van der Waals surface area (Å²) in [5.41, 5.74) is 1.44. The predicted molar refractivity (Wildman–Crippen MR) is 219 cm³/mol. The minimum Gasteiger partial charge on any atom is -0.508 e. The monoisotopic (exact) mass is 812 g/mol. The Kier molecular flexibility index (Phi) is 13.5. The highest BCUT2D eigenvalue weighted by atomic mass is 16.5. The van der Waals surface area contributed by atoms with Crippen molar-refractivity contribution in [3.05, 3.63) is 137 Å². The Morgan fingerprint density at radius 2 is 1.28 bits per heavy atom. The zero-order valence-corrected chi connectivity index (χ0v) is 31.8. The average molecular weight is 813 g/mol. The molecule has 0 aromatic heterocycles. The largest absolute Gasteiger partial charge is 0.508 e. The Morgan fingerprint density at radius 1 is 0.700 bits per heavy atom. The normalized spacial score (nSPS) is 11.2. The molecule has 0 radical (unpaired) electrons. The zero-order chi connectivity index (χ0) is 43.5. The molecule has 0 aliphatic heterocycles. The summed E-state index contributed by atoms with van der Waals surface area (Å²) >= 11 is 0. The minimum absolute atomic E-state index is 0.00101. The third kappa shape index (κ3) is 10.6. The quantitative estimate of drug-likeness (QED) is 0.0610. The van der Waals surface area contributed by atoms with Crippen LogP contribution >= 0.6 is 0 Å². The van der Waals surface area contributed by atoms with Crippen molar-refractivity contribution in [3.63, 3.8) is 0 Å². The van der Waals surface area contributed by atoms with Crippen LogP contribution in [0.2, 0.25) is 0 Å². The first-order valence-electron chi connectivity index (χ1n) is 17.7. The number of carbonyl (C=O) groups excluding carboxylic acids is 5. The molecule has 9 N–H and O–H groups in total. The molecule has 0 bridgehead atoms. The maximum atomic E-state index is 13.1. The second-order valence-electron chi connectivity index (χ2n) is 12.9. The van der Waals surface area contributed by atoms with Crippen molar-refractivity contribution >= 4 is 64.3 Å². The number of carbonyl (C=O) groups is 6. The molecule has 0 heterocycles. The van der Waals surface area contributed by atoms with E-state index in [0.717, 1.165) is 17.7 Å². The number of nitrogens with zero attached hydrogens (tertiary/aromatic N) is 1. The second-order valence-corrected chi connectivity index (χ2v) is 12.9. The predicted octanol–water partition coefficient (Wildman–Crippen LogP) is 5.71. The van der Waals surface area contributed by atoms with Crippen LogP contribution in [0.5, 0.6) is 23.0 Å². The van der Waals surface area contributed by atoms with Crippen molar-refractivity contribution in [2.24, 2.45) is 0 Å². The number of ether oxygens (including phenoxy) is 1. The summed E-state index contributed by atoms with van der Waals surface area (Å²) in [6.07, 6.45) is 1.28. The van der Waals surface area contributed by atoms with E-state index in [-0.39, 0.29) is 63.1 Å². The summed E-state index contributed by atoms with van der Waals surface area (Å²) in [5.74, 6) is -5.94. The van der Waals surface area contributed by atoms with Gasteiger partial charge in [0.05, 0.1) is 30.9 Å². The standard InChI is InChI=1S/C43H36N6O11/c1-23(21-24-3-14-30(50)15-4-24)38(53)45-27-9-5-26(6-10-27)40(55)49-34(19-20-44)42(57)46-28-11-7-25(8-12-28)39(54)48-33-18-17-32(36(52)37(33)60-2)41(56)47-29-13-16-31(43(58)59)35(51)22-29/h3-18,21-22,34,50-52H,19H2,1-2H3,(H,45,53)(H,46,57)(H,47,56)(H,48,54)(H,49,55)(H,58,59)/b23-21+. The maximum Gasteiger partial charge on any atom is 0.339 e. The summed E-state index contributed by atoms with van der Waals surface area (Å²) in [6, 6.07) is 24.3. The number of carboxylic acid groups (broad SMARTS) is 1. The third-order valence-electron chi connectivity index (χ3n) is 8.69. The number of anilines is 4. The fourth-order valence-corrected chi connectivity index (χ4v) is 5.54. The molecule has 0 spiro atoms. The van der Waals surface area contributed by atoms with Gasteiger partial charge < -0.3 is 51.7 Å². The van der Waals surface area contributed by atoms with Gasteiger partial charge in [0.15, 0.2) is 11.5 Å². The molecular formula is C43H36N6O11. The summed E-state index contributed by atoms with van der Waals surface area (Å²) in [5, 5.41) is 61.5. The molecule has 17 nitrogen and oxygen atoms in total. The number of carboxylic acids is 1. The van der Waals surface area contributed by atoms with Crippen LogP contribution in [0.25, 0.3) is 6.08 Å². The lowest BCUT2D eigenvalue weighted by molar-refractivity contribution is -0.118. The lowest BCUT2D eigenvalue weighted by atomic mass is 10.1. The molecule has 60 heavy (non-hydrogen) atoms. The molecule has 0 saturated carbocycles. The van der Waals surface area contributed by atoms with Gasteiger partial charge in [0.1, 0.15) is 23.1 Å². The number of aromatic carboxylic acids is 1. The maximum absolute atomic E-state index is 13.1. The number of rotatable bonds is 14. The Labute approximate surface area is 341 Å². The number of phenolic OH excluding ortho intramolecular Hbond substituents is 2. The number of hydrogen-bond acceptors (Lipinski definition) is 11. The molecule has 1 unspecified atom stereocenters. The lowest BCUT2D eigenvalue weighted by Crippen LogP contribution is -2.43. The molecule has 5 rings (SSSR count). The lowest BCUT2D eigenvalue weighted by Gasteiger charge is -2.17. The Balaban J connectivity index is 1.17. The molecule has 0 fully saturated rings. The highest BCUT2D eigenvalue weighted by molar-refractivity contribution is 6.10. The number of methoxy groups -OCH3 is 1. The topological polar surface area (TPSA) is 277 Å².